The molecule has 20 heavy (non-hydrogen) atoms. The molecule has 1 amide bonds. The van der Waals surface area contributed by atoms with Crippen molar-refractivity contribution in [1.29, 1.82) is 0 Å². The van der Waals surface area contributed by atoms with Crippen LogP contribution in [0.2, 0.25) is 0 Å². The summed E-state index contributed by atoms with van der Waals surface area (Å²) in [5, 5.41) is 0.250. The van der Waals surface area contributed by atoms with E-state index < -0.39 is 18.5 Å². The zero-order chi connectivity index (χ0) is 14.6. The lowest BCUT2D eigenvalue weighted by Crippen LogP contribution is -2.35. The second-order valence-electron chi connectivity index (χ2n) is 4.73. The average molecular weight is 303 g/mol. The van der Waals surface area contributed by atoms with E-state index >= 15 is 0 Å². The van der Waals surface area contributed by atoms with Gasteiger partial charge in [0.1, 0.15) is 6.42 Å². The Bertz CT molecular complexity index is 449. The summed E-state index contributed by atoms with van der Waals surface area (Å²) >= 11 is 1.70. The van der Waals surface area contributed by atoms with Gasteiger partial charge in [0.25, 0.3) is 0 Å². The van der Waals surface area contributed by atoms with Crippen LogP contribution in [0.5, 0.6) is 0 Å². The van der Waals surface area contributed by atoms with E-state index in [2.05, 4.69) is 0 Å². The molecule has 0 aromatic heterocycles. The fraction of sp³-hybridized carbons (Fsp3) is 0.500. The Balaban J connectivity index is 1.94. The smallest absolute Gasteiger partial charge is 0.342 e. The Morgan fingerprint density at radius 2 is 1.95 bits per heavy atom. The Morgan fingerprint density at radius 3 is 2.60 bits per heavy atom. The van der Waals surface area contributed by atoms with E-state index in [4.69, 9.17) is 0 Å². The maximum Gasteiger partial charge on any atom is 0.397 e. The first-order valence-corrected chi connectivity index (χ1v) is 7.51. The second-order valence-corrected chi connectivity index (χ2v) is 6.04. The zero-order valence-corrected chi connectivity index (χ0v) is 11.7. The monoisotopic (exact) mass is 303 g/mol. The number of amides is 1. The molecule has 1 aromatic rings. The molecular weight excluding hydrogens is 287 g/mol. The summed E-state index contributed by atoms with van der Waals surface area (Å²) in [4.78, 5) is 12.9. The molecule has 0 saturated carbocycles. The van der Waals surface area contributed by atoms with Crippen LogP contribution < -0.4 is 0 Å². The predicted octanol–water partition coefficient (Wildman–Crippen LogP) is 3.65. The Kier molecular flexibility index (Phi) is 4.96. The molecule has 2 rings (SSSR count). The quantitative estimate of drug-likeness (QED) is 0.831. The van der Waals surface area contributed by atoms with Crippen LogP contribution in [0, 0.1) is 0 Å². The van der Waals surface area contributed by atoms with Gasteiger partial charge in [0.2, 0.25) is 5.91 Å². The number of thioether (sulfide) groups is 1. The number of halogens is 3. The van der Waals surface area contributed by atoms with Crippen molar-refractivity contribution in [3.05, 3.63) is 35.9 Å². The van der Waals surface area contributed by atoms with Crippen molar-refractivity contribution in [2.75, 3.05) is 18.8 Å². The largest absolute Gasteiger partial charge is 0.397 e. The van der Waals surface area contributed by atoms with Gasteiger partial charge in [0.05, 0.1) is 0 Å². The van der Waals surface area contributed by atoms with Gasteiger partial charge in [-0.05, 0) is 12.0 Å². The highest BCUT2D eigenvalue weighted by Gasteiger charge is 2.34. The number of hydrogen-bond acceptors (Lipinski definition) is 2. The van der Waals surface area contributed by atoms with Crippen molar-refractivity contribution in [2.45, 2.75) is 24.3 Å². The van der Waals surface area contributed by atoms with Crippen LogP contribution in [-0.4, -0.2) is 35.8 Å². The van der Waals surface area contributed by atoms with Gasteiger partial charge in [-0.3, -0.25) is 4.79 Å². The second kappa shape index (κ2) is 6.52. The Hall–Kier alpha value is -1.17. The van der Waals surface area contributed by atoms with Crippen LogP contribution in [0.3, 0.4) is 0 Å². The van der Waals surface area contributed by atoms with Crippen molar-refractivity contribution in [3.8, 4) is 0 Å². The molecule has 0 bridgehead atoms. The fourth-order valence-corrected chi connectivity index (χ4v) is 3.47. The van der Waals surface area contributed by atoms with Gasteiger partial charge in [-0.2, -0.15) is 24.9 Å². The number of rotatable bonds is 2. The minimum Gasteiger partial charge on any atom is -0.342 e. The minimum absolute atomic E-state index is 0.250. The molecule has 0 N–H and O–H groups in total. The normalized spacial score (nSPS) is 20.6. The van der Waals surface area contributed by atoms with Crippen LogP contribution in [-0.2, 0) is 4.79 Å². The minimum atomic E-state index is -4.42. The van der Waals surface area contributed by atoms with Crippen LogP contribution in [0.15, 0.2) is 30.3 Å². The lowest BCUT2D eigenvalue weighted by Gasteiger charge is -2.21. The summed E-state index contributed by atoms with van der Waals surface area (Å²) in [6, 6.07) is 9.88. The van der Waals surface area contributed by atoms with E-state index in [0.717, 1.165) is 0 Å². The predicted molar refractivity (Wildman–Crippen MR) is 73.5 cm³/mol. The average Bonchev–Trinajstić information content (AvgIpc) is 2.63. The standard InChI is InChI=1S/C14H16F3NOS/c15-14(16,17)10-13(19)18-7-6-12(20-9-8-18)11-4-2-1-3-5-11/h1-5,12H,6-10H2. The van der Waals surface area contributed by atoms with E-state index in [1.165, 1.54) is 10.5 Å². The van der Waals surface area contributed by atoms with Gasteiger partial charge in [-0.25, -0.2) is 0 Å². The summed E-state index contributed by atoms with van der Waals surface area (Å²) in [5.41, 5.74) is 1.17. The molecule has 1 heterocycles. The molecule has 110 valence electrons. The third-order valence-corrected chi connectivity index (χ3v) is 4.55. The van der Waals surface area contributed by atoms with Gasteiger partial charge in [-0.1, -0.05) is 30.3 Å². The summed E-state index contributed by atoms with van der Waals surface area (Å²) in [5.74, 6) is -0.143. The van der Waals surface area contributed by atoms with Gasteiger partial charge in [0.15, 0.2) is 0 Å². The van der Waals surface area contributed by atoms with E-state index in [1.807, 2.05) is 30.3 Å². The number of benzene rings is 1. The topological polar surface area (TPSA) is 20.3 Å². The maximum absolute atomic E-state index is 12.3. The molecular formula is C14H16F3NOS. The Labute approximate surface area is 120 Å². The molecule has 1 aliphatic heterocycles. The van der Waals surface area contributed by atoms with Crippen LogP contribution >= 0.6 is 11.8 Å². The number of hydrogen-bond donors (Lipinski definition) is 0. The third-order valence-electron chi connectivity index (χ3n) is 3.22. The van der Waals surface area contributed by atoms with Crippen molar-refractivity contribution >= 4 is 17.7 Å². The molecule has 0 spiro atoms. The molecule has 1 unspecified atom stereocenters. The molecule has 1 aliphatic rings. The summed E-state index contributed by atoms with van der Waals surface area (Å²) < 4.78 is 36.8. The summed E-state index contributed by atoms with van der Waals surface area (Å²) in [6.45, 7) is 0.782. The number of carbonyl (C=O) groups is 1. The third kappa shape index (κ3) is 4.44. The van der Waals surface area contributed by atoms with E-state index in [-0.39, 0.29) is 5.25 Å². The number of nitrogens with zero attached hydrogens (tertiary/aromatic N) is 1. The molecule has 1 saturated heterocycles. The lowest BCUT2D eigenvalue weighted by atomic mass is 10.1. The van der Waals surface area contributed by atoms with Crippen molar-refractivity contribution in [2.24, 2.45) is 0 Å². The molecule has 1 atom stereocenters. The zero-order valence-electron chi connectivity index (χ0n) is 10.9. The molecule has 0 aliphatic carbocycles. The molecule has 0 radical (unpaired) electrons. The highest BCUT2D eigenvalue weighted by molar-refractivity contribution is 7.99. The van der Waals surface area contributed by atoms with Gasteiger partial charge >= 0.3 is 6.18 Å². The first-order chi connectivity index (χ1) is 9.46. The summed E-state index contributed by atoms with van der Waals surface area (Å²) in [6.07, 6.45) is -5.08. The molecule has 6 heteroatoms. The van der Waals surface area contributed by atoms with Crippen molar-refractivity contribution < 1.29 is 18.0 Å². The number of alkyl halides is 3. The number of carbonyl (C=O) groups excluding carboxylic acids is 1. The SMILES string of the molecule is O=C(CC(F)(F)F)N1CCSC(c2ccccc2)CC1. The van der Waals surface area contributed by atoms with Crippen LogP contribution in [0.1, 0.15) is 23.7 Å². The van der Waals surface area contributed by atoms with Gasteiger partial charge in [0, 0.05) is 24.1 Å². The molecule has 1 aromatic carbocycles. The molecule has 2 nitrogen and oxygen atoms in total. The Morgan fingerprint density at radius 1 is 1.25 bits per heavy atom. The van der Waals surface area contributed by atoms with Crippen molar-refractivity contribution in [1.82, 2.24) is 4.90 Å². The first kappa shape index (κ1) is 15.2. The first-order valence-electron chi connectivity index (χ1n) is 6.47. The van der Waals surface area contributed by atoms with Crippen LogP contribution in [0.25, 0.3) is 0 Å². The van der Waals surface area contributed by atoms with Gasteiger partial charge in [-0.15, -0.1) is 0 Å². The maximum atomic E-state index is 12.3. The molecule has 1 fully saturated rings. The highest BCUT2D eigenvalue weighted by Crippen LogP contribution is 2.34. The fourth-order valence-electron chi connectivity index (χ4n) is 2.24. The van der Waals surface area contributed by atoms with E-state index in [1.54, 1.807) is 11.8 Å². The van der Waals surface area contributed by atoms with E-state index in [0.29, 0.717) is 25.3 Å². The van der Waals surface area contributed by atoms with E-state index in [9.17, 15) is 18.0 Å². The highest BCUT2D eigenvalue weighted by atomic mass is 32.2. The van der Waals surface area contributed by atoms with Gasteiger partial charge < -0.3 is 4.90 Å². The van der Waals surface area contributed by atoms with Crippen LogP contribution in [0.4, 0.5) is 13.2 Å². The lowest BCUT2D eigenvalue weighted by molar-refractivity contribution is -0.161. The van der Waals surface area contributed by atoms with Crippen molar-refractivity contribution in [3.63, 3.8) is 0 Å². The summed E-state index contributed by atoms with van der Waals surface area (Å²) in [7, 11) is 0.